The minimum atomic E-state index is -0.180. The van der Waals surface area contributed by atoms with Crippen LogP contribution >= 0.6 is 11.3 Å². The van der Waals surface area contributed by atoms with E-state index in [1.165, 1.54) is 11.3 Å². The van der Waals surface area contributed by atoms with Crippen molar-refractivity contribution in [1.29, 1.82) is 0 Å². The Hall–Kier alpha value is -1.47. The normalized spacial score (nSPS) is 24.9. The molecule has 1 aliphatic carbocycles. The molecule has 3 heterocycles. The third-order valence-corrected chi connectivity index (χ3v) is 7.28. The largest absolute Gasteiger partial charge is 0.375 e. The van der Waals surface area contributed by atoms with Gasteiger partial charge in [0.05, 0.1) is 16.3 Å². The van der Waals surface area contributed by atoms with Gasteiger partial charge in [0.25, 0.3) is 5.91 Å². The molecule has 0 aromatic carbocycles. The summed E-state index contributed by atoms with van der Waals surface area (Å²) >= 11 is 1.48. The Labute approximate surface area is 164 Å². The van der Waals surface area contributed by atoms with Crippen molar-refractivity contribution in [3.8, 4) is 0 Å². The van der Waals surface area contributed by atoms with Crippen LogP contribution in [0.2, 0.25) is 0 Å². The van der Waals surface area contributed by atoms with Crippen molar-refractivity contribution in [2.45, 2.75) is 77.0 Å². The number of amides is 2. The van der Waals surface area contributed by atoms with Gasteiger partial charge in [-0.25, -0.2) is 4.98 Å². The van der Waals surface area contributed by atoms with Gasteiger partial charge in [-0.1, -0.05) is 0 Å². The molecule has 0 bridgehead atoms. The molecule has 1 aromatic rings. The van der Waals surface area contributed by atoms with E-state index in [1.54, 1.807) is 6.92 Å². The zero-order valence-electron chi connectivity index (χ0n) is 16.5. The van der Waals surface area contributed by atoms with Crippen LogP contribution in [0.4, 0.5) is 0 Å². The van der Waals surface area contributed by atoms with Crippen molar-refractivity contribution in [3.63, 3.8) is 0 Å². The number of aromatic nitrogens is 1. The number of thiazole rings is 1. The zero-order valence-corrected chi connectivity index (χ0v) is 17.3. The molecule has 2 amide bonds. The number of carbonyl (C=O) groups excluding carboxylic acids is 2. The van der Waals surface area contributed by atoms with E-state index in [-0.39, 0.29) is 23.5 Å². The summed E-state index contributed by atoms with van der Waals surface area (Å²) < 4.78 is 6.24. The Morgan fingerprint density at radius 2 is 1.89 bits per heavy atom. The SMILES string of the molecule is CC(=O)N(C1CC1)C1CCOC2(CCN(C(=O)c3sc(C)nc3C)CC2)C1. The Balaban J connectivity index is 1.41. The van der Waals surface area contributed by atoms with Gasteiger partial charge >= 0.3 is 0 Å². The maximum absolute atomic E-state index is 12.9. The van der Waals surface area contributed by atoms with Crippen LogP contribution in [-0.2, 0) is 9.53 Å². The molecule has 2 aliphatic heterocycles. The molecule has 0 N–H and O–H groups in total. The third-order valence-electron chi connectivity index (χ3n) is 6.22. The van der Waals surface area contributed by atoms with Gasteiger partial charge < -0.3 is 14.5 Å². The first kappa shape index (κ1) is 18.9. The summed E-state index contributed by atoms with van der Waals surface area (Å²) in [6.45, 7) is 7.68. The number of ether oxygens (including phenoxy) is 1. The van der Waals surface area contributed by atoms with E-state index < -0.39 is 0 Å². The highest BCUT2D eigenvalue weighted by Gasteiger charge is 2.45. The molecule has 1 atom stereocenters. The topological polar surface area (TPSA) is 62.7 Å². The molecule has 27 heavy (non-hydrogen) atoms. The molecular weight excluding hydrogens is 362 g/mol. The first-order valence-electron chi connectivity index (χ1n) is 10.0. The quantitative estimate of drug-likeness (QED) is 0.795. The van der Waals surface area contributed by atoms with Crippen LogP contribution in [0.25, 0.3) is 0 Å². The summed E-state index contributed by atoms with van der Waals surface area (Å²) in [5.74, 6) is 0.298. The molecular formula is C20H29N3O3S. The lowest BCUT2D eigenvalue weighted by atomic mass is 9.81. The second kappa shape index (κ2) is 7.17. The lowest BCUT2D eigenvalue weighted by molar-refractivity contribution is -0.148. The predicted molar refractivity (Wildman–Crippen MR) is 104 cm³/mol. The Morgan fingerprint density at radius 1 is 1.19 bits per heavy atom. The van der Waals surface area contributed by atoms with Gasteiger partial charge in [0.1, 0.15) is 4.88 Å². The lowest BCUT2D eigenvalue weighted by Crippen LogP contribution is -2.55. The highest BCUT2D eigenvalue weighted by atomic mass is 32.1. The highest BCUT2D eigenvalue weighted by Crippen LogP contribution is 2.40. The number of piperidine rings is 1. The zero-order chi connectivity index (χ0) is 19.2. The Kier molecular flexibility index (Phi) is 5.01. The maximum atomic E-state index is 12.9. The van der Waals surface area contributed by atoms with Crippen LogP contribution in [0, 0.1) is 13.8 Å². The fraction of sp³-hybridized carbons (Fsp3) is 0.750. The second-order valence-electron chi connectivity index (χ2n) is 8.28. The number of hydrogen-bond acceptors (Lipinski definition) is 5. The second-order valence-corrected chi connectivity index (χ2v) is 9.48. The molecule has 1 spiro atoms. The molecule has 1 unspecified atom stereocenters. The number of hydrogen-bond donors (Lipinski definition) is 0. The number of rotatable bonds is 3. The predicted octanol–water partition coefficient (Wildman–Crippen LogP) is 2.92. The van der Waals surface area contributed by atoms with E-state index in [1.807, 2.05) is 18.7 Å². The summed E-state index contributed by atoms with van der Waals surface area (Å²) in [5, 5.41) is 0.937. The van der Waals surface area contributed by atoms with Gasteiger partial charge in [0, 0.05) is 38.7 Å². The third kappa shape index (κ3) is 3.76. The van der Waals surface area contributed by atoms with Crippen molar-refractivity contribution in [3.05, 3.63) is 15.6 Å². The van der Waals surface area contributed by atoms with Crippen LogP contribution in [0.5, 0.6) is 0 Å². The highest BCUT2D eigenvalue weighted by molar-refractivity contribution is 7.13. The van der Waals surface area contributed by atoms with Gasteiger partial charge in [-0.3, -0.25) is 9.59 Å². The monoisotopic (exact) mass is 391 g/mol. The number of aryl methyl sites for hydroxylation is 2. The van der Waals surface area contributed by atoms with Crippen molar-refractivity contribution in [1.82, 2.24) is 14.8 Å². The molecule has 1 saturated carbocycles. The molecule has 3 fully saturated rings. The van der Waals surface area contributed by atoms with Gasteiger partial charge in [-0.2, -0.15) is 0 Å². The summed E-state index contributed by atoms with van der Waals surface area (Å²) in [5.41, 5.74) is 0.652. The smallest absolute Gasteiger partial charge is 0.265 e. The summed E-state index contributed by atoms with van der Waals surface area (Å²) in [6, 6.07) is 0.735. The van der Waals surface area contributed by atoms with Crippen molar-refractivity contribution < 1.29 is 14.3 Å². The minimum Gasteiger partial charge on any atom is -0.375 e. The molecule has 1 aromatic heterocycles. The molecule has 7 heteroatoms. The number of likely N-dealkylation sites (tertiary alicyclic amines) is 1. The average molecular weight is 392 g/mol. The fourth-order valence-corrected chi connectivity index (χ4v) is 5.63. The van der Waals surface area contributed by atoms with E-state index >= 15 is 0 Å². The molecule has 4 rings (SSSR count). The fourth-order valence-electron chi connectivity index (χ4n) is 4.74. The van der Waals surface area contributed by atoms with Crippen LogP contribution < -0.4 is 0 Å². The molecule has 0 radical (unpaired) electrons. The van der Waals surface area contributed by atoms with Gasteiger partial charge in [0.15, 0.2) is 0 Å². The van der Waals surface area contributed by atoms with E-state index in [9.17, 15) is 9.59 Å². The van der Waals surface area contributed by atoms with Crippen LogP contribution in [-0.4, -0.2) is 64.0 Å². The van der Waals surface area contributed by atoms with Crippen molar-refractivity contribution in [2.24, 2.45) is 0 Å². The molecule has 3 aliphatic rings. The first-order valence-corrected chi connectivity index (χ1v) is 10.9. The van der Waals surface area contributed by atoms with Crippen molar-refractivity contribution in [2.75, 3.05) is 19.7 Å². The number of nitrogens with zero attached hydrogens (tertiary/aromatic N) is 3. The van der Waals surface area contributed by atoms with Crippen LogP contribution in [0.1, 0.15) is 65.8 Å². The molecule has 2 saturated heterocycles. The van der Waals surface area contributed by atoms with E-state index in [0.717, 1.165) is 54.1 Å². The van der Waals surface area contributed by atoms with E-state index in [2.05, 4.69) is 9.88 Å². The van der Waals surface area contributed by atoms with Crippen LogP contribution in [0.15, 0.2) is 0 Å². The average Bonchev–Trinajstić information content (AvgIpc) is 3.38. The van der Waals surface area contributed by atoms with Crippen molar-refractivity contribution >= 4 is 23.2 Å². The first-order chi connectivity index (χ1) is 12.9. The van der Waals surface area contributed by atoms with Gasteiger partial charge in [0.2, 0.25) is 5.91 Å². The Bertz CT molecular complexity index is 735. The van der Waals surface area contributed by atoms with E-state index in [0.29, 0.717) is 25.7 Å². The van der Waals surface area contributed by atoms with Gasteiger partial charge in [-0.05, 0) is 52.4 Å². The summed E-state index contributed by atoms with van der Waals surface area (Å²) in [7, 11) is 0. The van der Waals surface area contributed by atoms with E-state index in [4.69, 9.17) is 4.74 Å². The lowest BCUT2D eigenvalue weighted by Gasteiger charge is -2.48. The summed E-state index contributed by atoms with van der Waals surface area (Å²) in [4.78, 5) is 34.2. The maximum Gasteiger partial charge on any atom is 0.265 e. The Morgan fingerprint density at radius 3 is 2.44 bits per heavy atom. The minimum absolute atomic E-state index is 0.101. The standard InChI is InChI=1S/C20H29N3O3S/c1-13-18(27-14(2)21-13)19(25)22-9-7-20(8-10-22)12-17(6-11-26-20)23(15(3)24)16-4-5-16/h16-17H,4-12H2,1-3H3. The number of carbonyl (C=O) groups is 2. The van der Waals surface area contributed by atoms with Gasteiger partial charge in [-0.15, -0.1) is 11.3 Å². The molecule has 6 nitrogen and oxygen atoms in total. The van der Waals surface area contributed by atoms with Crippen LogP contribution in [0.3, 0.4) is 0 Å². The summed E-state index contributed by atoms with van der Waals surface area (Å²) in [6.07, 6.45) is 5.81. The molecule has 148 valence electrons.